The first-order valence-electron chi connectivity index (χ1n) is 14.6. The molecule has 7 heteroatoms. The van der Waals surface area contributed by atoms with Gasteiger partial charge in [0.1, 0.15) is 30.0 Å². The molecule has 4 aromatic carbocycles. The van der Waals surface area contributed by atoms with E-state index in [1.807, 2.05) is 48.5 Å². The highest BCUT2D eigenvalue weighted by Crippen LogP contribution is 2.47. The maximum atomic E-state index is 6.60. The number of halogens is 1. The van der Waals surface area contributed by atoms with Crippen LogP contribution < -0.4 is 19.5 Å². The van der Waals surface area contributed by atoms with Gasteiger partial charge in [-0.05, 0) is 65.7 Å². The first kappa shape index (κ1) is 27.5. The van der Waals surface area contributed by atoms with Crippen LogP contribution in [0.5, 0.6) is 23.0 Å². The predicted octanol–water partition coefficient (Wildman–Crippen LogP) is 8.52. The fourth-order valence-electron chi connectivity index (χ4n) is 5.65. The van der Waals surface area contributed by atoms with Gasteiger partial charge in [-0.3, -0.25) is 4.90 Å². The molecule has 5 aromatic rings. The lowest BCUT2D eigenvalue weighted by atomic mass is 9.87. The van der Waals surface area contributed by atoms with Crippen molar-refractivity contribution < 1.29 is 14.2 Å². The van der Waals surface area contributed by atoms with E-state index in [-0.39, 0.29) is 0 Å². The zero-order chi connectivity index (χ0) is 28.3. The van der Waals surface area contributed by atoms with Crippen molar-refractivity contribution in [2.45, 2.75) is 31.6 Å². The van der Waals surface area contributed by atoms with Crippen molar-refractivity contribution in [2.75, 3.05) is 26.2 Å². The molecule has 2 fully saturated rings. The number of thiophene rings is 1. The van der Waals surface area contributed by atoms with Crippen molar-refractivity contribution in [3.05, 3.63) is 107 Å². The van der Waals surface area contributed by atoms with Crippen LogP contribution in [0.15, 0.2) is 102 Å². The standard InChI is InChI=1S/C35H33BrN2O3S/c36-26-8-6-25(7-9-26)35-34(32-15-14-30(22-33(32)42-35)39-23-24-4-2-1-3-5-24)41-29-12-10-28(11-13-29)40-31-20-27(21-31)38-18-16-37-17-19-38/h1-15,22,27,31,37H,16-21,23H2. The summed E-state index contributed by atoms with van der Waals surface area (Å²) >= 11 is 5.29. The van der Waals surface area contributed by atoms with E-state index in [2.05, 4.69) is 74.7 Å². The molecule has 0 radical (unpaired) electrons. The van der Waals surface area contributed by atoms with E-state index in [1.165, 1.54) is 0 Å². The summed E-state index contributed by atoms with van der Waals surface area (Å²) in [5, 5.41) is 4.50. The molecule has 5 nitrogen and oxygen atoms in total. The highest BCUT2D eigenvalue weighted by atomic mass is 79.9. The SMILES string of the molecule is Brc1ccc(-c2sc3cc(OCc4ccccc4)ccc3c2Oc2ccc(OC3CC(N4CCNCC4)C3)cc2)cc1. The minimum Gasteiger partial charge on any atom is -0.490 e. The molecule has 2 aliphatic rings. The summed E-state index contributed by atoms with van der Waals surface area (Å²) < 4.78 is 21.2. The molecule has 1 aliphatic carbocycles. The third kappa shape index (κ3) is 6.20. The minimum atomic E-state index is 0.291. The Hall–Kier alpha value is -3.36. The molecular formula is C35H33BrN2O3S. The monoisotopic (exact) mass is 640 g/mol. The lowest BCUT2D eigenvalue weighted by Gasteiger charge is -2.44. The van der Waals surface area contributed by atoms with Gasteiger partial charge in [0, 0.05) is 59.6 Å². The lowest BCUT2D eigenvalue weighted by Crippen LogP contribution is -2.55. The Morgan fingerprint density at radius 2 is 1.52 bits per heavy atom. The number of nitrogens with one attached hydrogen (secondary N) is 1. The predicted molar refractivity (Wildman–Crippen MR) is 174 cm³/mol. The Morgan fingerprint density at radius 1 is 0.810 bits per heavy atom. The molecule has 1 saturated carbocycles. The van der Waals surface area contributed by atoms with Gasteiger partial charge in [0.15, 0.2) is 5.75 Å². The number of hydrogen-bond donors (Lipinski definition) is 1. The van der Waals surface area contributed by atoms with Gasteiger partial charge in [-0.2, -0.15) is 0 Å². The molecule has 1 aromatic heterocycles. The third-order valence-corrected chi connectivity index (χ3v) is 9.77. The number of rotatable bonds is 9. The molecule has 214 valence electrons. The summed E-state index contributed by atoms with van der Waals surface area (Å²) in [5.41, 5.74) is 2.26. The van der Waals surface area contributed by atoms with Crippen LogP contribution in [0.1, 0.15) is 18.4 Å². The lowest BCUT2D eigenvalue weighted by molar-refractivity contribution is 0.0120. The summed E-state index contributed by atoms with van der Waals surface area (Å²) in [6.07, 6.45) is 2.50. The number of nitrogens with zero attached hydrogens (tertiary/aromatic N) is 1. The Balaban J connectivity index is 1.08. The minimum absolute atomic E-state index is 0.291. The van der Waals surface area contributed by atoms with Crippen molar-refractivity contribution in [1.29, 1.82) is 0 Å². The maximum absolute atomic E-state index is 6.60. The van der Waals surface area contributed by atoms with Gasteiger partial charge in [0.05, 0.1) is 4.88 Å². The topological polar surface area (TPSA) is 43.0 Å². The average Bonchev–Trinajstić information content (AvgIpc) is 3.37. The van der Waals surface area contributed by atoms with Crippen molar-refractivity contribution in [3.8, 4) is 33.4 Å². The van der Waals surface area contributed by atoms with Crippen molar-refractivity contribution in [2.24, 2.45) is 0 Å². The zero-order valence-corrected chi connectivity index (χ0v) is 25.7. The Labute approximate surface area is 259 Å². The molecule has 0 amide bonds. The molecule has 1 N–H and O–H groups in total. The Kier molecular flexibility index (Phi) is 8.16. The highest BCUT2D eigenvalue weighted by Gasteiger charge is 2.35. The van der Waals surface area contributed by atoms with Crippen LogP contribution in [0.25, 0.3) is 20.5 Å². The molecule has 0 bridgehead atoms. The van der Waals surface area contributed by atoms with Crippen LogP contribution in [0, 0.1) is 0 Å². The molecular weight excluding hydrogens is 608 g/mol. The molecule has 7 rings (SSSR count). The average molecular weight is 642 g/mol. The maximum Gasteiger partial charge on any atom is 0.153 e. The fourth-order valence-corrected chi connectivity index (χ4v) is 7.08. The number of hydrogen-bond acceptors (Lipinski definition) is 6. The van der Waals surface area contributed by atoms with E-state index in [9.17, 15) is 0 Å². The summed E-state index contributed by atoms with van der Waals surface area (Å²) in [6.45, 7) is 5.01. The molecule has 1 aliphatic heterocycles. The van der Waals surface area contributed by atoms with Gasteiger partial charge < -0.3 is 19.5 Å². The number of fused-ring (bicyclic) bond motifs is 1. The summed E-state index contributed by atoms with van der Waals surface area (Å²) in [7, 11) is 0. The van der Waals surface area contributed by atoms with Gasteiger partial charge in [0.2, 0.25) is 0 Å². The quantitative estimate of drug-likeness (QED) is 0.175. The van der Waals surface area contributed by atoms with Crippen LogP contribution in [0.2, 0.25) is 0 Å². The van der Waals surface area contributed by atoms with E-state index >= 15 is 0 Å². The largest absolute Gasteiger partial charge is 0.490 e. The zero-order valence-electron chi connectivity index (χ0n) is 23.3. The summed E-state index contributed by atoms with van der Waals surface area (Å²) in [5.74, 6) is 3.39. The molecule has 0 spiro atoms. The smallest absolute Gasteiger partial charge is 0.153 e. The van der Waals surface area contributed by atoms with Gasteiger partial charge >= 0.3 is 0 Å². The number of piperazine rings is 1. The van der Waals surface area contributed by atoms with Crippen LogP contribution >= 0.6 is 27.3 Å². The van der Waals surface area contributed by atoms with Gasteiger partial charge in [-0.1, -0.05) is 58.4 Å². The second-order valence-electron chi connectivity index (χ2n) is 10.9. The van der Waals surface area contributed by atoms with Gasteiger partial charge in [0.25, 0.3) is 0 Å². The number of benzene rings is 4. The molecule has 42 heavy (non-hydrogen) atoms. The van der Waals surface area contributed by atoms with E-state index in [0.29, 0.717) is 18.8 Å². The summed E-state index contributed by atoms with van der Waals surface area (Å²) in [6, 6.07) is 33.6. The van der Waals surface area contributed by atoms with Crippen LogP contribution in [-0.4, -0.2) is 43.2 Å². The number of ether oxygens (including phenoxy) is 3. The van der Waals surface area contributed by atoms with Crippen molar-refractivity contribution in [1.82, 2.24) is 10.2 Å². The van der Waals surface area contributed by atoms with Crippen LogP contribution in [0.3, 0.4) is 0 Å². The molecule has 2 heterocycles. The second-order valence-corrected chi connectivity index (χ2v) is 12.9. The van der Waals surface area contributed by atoms with E-state index in [1.54, 1.807) is 11.3 Å². The van der Waals surface area contributed by atoms with Crippen molar-refractivity contribution in [3.63, 3.8) is 0 Å². The second kappa shape index (κ2) is 12.5. The highest BCUT2D eigenvalue weighted by molar-refractivity contribution is 9.10. The van der Waals surface area contributed by atoms with Crippen LogP contribution in [0.4, 0.5) is 0 Å². The molecule has 0 atom stereocenters. The third-order valence-electron chi connectivity index (χ3n) is 8.06. The summed E-state index contributed by atoms with van der Waals surface area (Å²) in [4.78, 5) is 3.69. The van der Waals surface area contributed by atoms with Gasteiger partial charge in [-0.15, -0.1) is 11.3 Å². The van der Waals surface area contributed by atoms with E-state index < -0.39 is 0 Å². The normalized spacial score (nSPS) is 18.9. The van der Waals surface area contributed by atoms with Gasteiger partial charge in [-0.25, -0.2) is 0 Å². The fraction of sp³-hybridized carbons (Fsp3) is 0.257. The van der Waals surface area contributed by atoms with Crippen molar-refractivity contribution >= 4 is 37.4 Å². The molecule has 1 saturated heterocycles. The first-order chi connectivity index (χ1) is 20.7. The Bertz CT molecular complexity index is 1630. The first-order valence-corrected chi connectivity index (χ1v) is 16.2. The van der Waals surface area contributed by atoms with E-state index in [4.69, 9.17) is 14.2 Å². The Morgan fingerprint density at radius 3 is 2.29 bits per heavy atom. The van der Waals surface area contributed by atoms with E-state index in [0.717, 1.165) is 92.6 Å². The molecule has 0 unspecified atom stereocenters. The van der Waals surface area contributed by atoms with Crippen LogP contribution in [-0.2, 0) is 6.61 Å².